The molecule has 5 heteroatoms. The Morgan fingerprint density at radius 1 is 1.50 bits per heavy atom. The molecule has 0 aliphatic rings. The van der Waals surface area contributed by atoms with E-state index >= 15 is 0 Å². The van der Waals surface area contributed by atoms with Crippen LogP contribution in [0.4, 0.5) is 5.82 Å². The first kappa shape index (κ1) is 12.8. The molecule has 0 bridgehead atoms. The molecule has 2 aromatic heterocycles. The summed E-state index contributed by atoms with van der Waals surface area (Å²) in [5, 5.41) is 16.6. The van der Waals surface area contributed by atoms with Crippen LogP contribution in [0.1, 0.15) is 25.5 Å². The topological polar surface area (TPSA) is 62.5 Å². The predicted molar refractivity (Wildman–Crippen MR) is 71.7 cm³/mol. The van der Waals surface area contributed by atoms with E-state index in [4.69, 9.17) is 5.11 Å². The van der Waals surface area contributed by atoms with Gasteiger partial charge in [-0.25, -0.2) is 9.50 Å². The molecular formula is C13H20N4O. The summed E-state index contributed by atoms with van der Waals surface area (Å²) >= 11 is 0. The molecular weight excluding hydrogens is 228 g/mol. The highest BCUT2D eigenvalue weighted by molar-refractivity contribution is 5.67. The second kappa shape index (κ2) is 5.82. The van der Waals surface area contributed by atoms with Crippen molar-refractivity contribution in [3.8, 4) is 0 Å². The summed E-state index contributed by atoms with van der Waals surface area (Å²) in [4.78, 5) is 4.34. The van der Waals surface area contributed by atoms with Crippen molar-refractivity contribution in [2.75, 3.05) is 18.5 Å². The predicted octanol–water partition coefficient (Wildman–Crippen LogP) is 1.86. The third-order valence-corrected chi connectivity index (χ3v) is 2.99. The third kappa shape index (κ3) is 2.98. The molecule has 0 spiro atoms. The minimum Gasteiger partial charge on any atom is -0.396 e. The number of aromatic nitrogens is 3. The van der Waals surface area contributed by atoms with Gasteiger partial charge >= 0.3 is 0 Å². The van der Waals surface area contributed by atoms with Gasteiger partial charge in [0.05, 0.1) is 5.69 Å². The van der Waals surface area contributed by atoms with Crippen LogP contribution >= 0.6 is 0 Å². The molecule has 2 heterocycles. The SMILES string of the molecule is Cc1cc2c(NCCCC(C)CO)nccn2n1. The largest absolute Gasteiger partial charge is 0.396 e. The molecule has 2 rings (SSSR count). The van der Waals surface area contributed by atoms with Crippen molar-refractivity contribution in [2.24, 2.45) is 5.92 Å². The second-order valence-corrected chi connectivity index (χ2v) is 4.75. The third-order valence-electron chi connectivity index (χ3n) is 2.99. The zero-order valence-corrected chi connectivity index (χ0v) is 10.9. The van der Waals surface area contributed by atoms with Crippen LogP contribution in [-0.2, 0) is 0 Å². The number of nitrogens with zero attached hydrogens (tertiary/aromatic N) is 3. The average Bonchev–Trinajstić information content (AvgIpc) is 2.75. The molecule has 2 N–H and O–H groups in total. The van der Waals surface area contributed by atoms with Crippen LogP contribution in [0.3, 0.4) is 0 Å². The van der Waals surface area contributed by atoms with Gasteiger partial charge < -0.3 is 10.4 Å². The number of fused-ring (bicyclic) bond motifs is 1. The maximum Gasteiger partial charge on any atom is 0.152 e. The summed E-state index contributed by atoms with van der Waals surface area (Å²) in [6.45, 7) is 5.15. The minimum absolute atomic E-state index is 0.260. The molecule has 0 saturated heterocycles. The molecule has 0 aromatic carbocycles. The van der Waals surface area contributed by atoms with Gasteiger partial charge in [-0.3, -0.25) is 0 Å². The first-order valence-electron chi connectivity index (χ1n) is 6.36. The molecule has 0 fully saturated rings. The standard InChI is InChI=1S/C13H20N4O/c1-10(9-18)4-3-5-14-13-12-8-11(2)16-17(12)7-6-15-13/h6-8,10,18H,3-5,9H2,1-2H3,(H,14,15). The van der Waals surface area contributed by atoms with E-state index < -0.39 is 0 Å². The Balaban J connectivity index is 1.95. The van der Waals surface area contributed by atoms with Gasteiger partial charge in [0, 0.05) is 25.5 Å². The van der Waals surface area contributed by atoms with Crippen LogP contribution in [0.2, 0.25) is 0 Å². The van der Waals surface area contributed by atoms with Gasteiger partial charge in [0.1, 0.15) is 5.52 Å². The van der Waals surface area contributed by atoms with Crippen molar-refractivity contribution in [1.29, 1.82) is 0 Å². The van der Waals surface area contributed by atoms with Crippen LogP contribution in [0.5, 0.6) is 0 Å². The van der Waals surface area contributed by atoms with Crippen molar-refractivity contribution < 1.29 is 5.11 Å². The molecule has 0 aliphatic heterocycles. The maximum atomic E-state index is 8.95. The van der Waals surface area contributed by atoms with E-state index in [2.05, 4.69) is 22.3 Å². The zero-order valence-electron chi connectivity index (χ0n) is 10.9. The van der Waals surface area contributed by atoms with E-state index in [1.165, 1.54) is 0 Å². The minimum atomic E-state index is 0.260. The van der Waals surface area contributed by atoms with E-state index in [1.807, 2.05) is 23.7 Å². The number of aryl methyl sites for hydroxylation is 1. The normalized spacial score (nSPS) is 12.8. The Kier molecular flexibility index (Phi) is 4.15. The van der Waals surface area contributed by atoms with Gasteiger partial charge in [-0.2, -0.15) is 5.10 Å². The molecule has 0 aliphatic carbocycles. The lowest BCUT2D eigenvalue weighted by molar-refractivity contribution is 0.229. The molecule has 18 heavy (non-hydrogen) atoms. The smallest absolute Gasteiger partial charge is 0.152 e. The summed E-state index contributed by atoms with van der Waals surface area (Å²) in [5.41, 5.74) is 1.99. The molecule has 0 radical (unpaired) electrons. The van der Waals surface area contributed by atoms with E-state index in [1.54, 1.807) is 6.20 Å². The van der Waals surface area contributed by atoms with Gasteiger partial charge in [-0.1, -0.05) is 6.92 Å². The van der Waals surface area contributed by atoms with Crippen LogP contribution in [-0.4, -0.2) is 32.9 Å². The fourth-order valence-electron chi connectivity index (χ4n) is 1.93. The number of hydrogen-bond donors (Lipinski definition) is 2. The number of aliphatic hydroxyl groups is 1. The highest BCUT2D eigenvalue weighted by Gasteiger charge is 2.05. The Hall–Kier alpha value is -1.62. The van der Waals surface area contributed by atoms with Crippen molar-refractivity contribution >= 4 is 11.3 Å². The first-order valence-corrected chi connectivity index (χ1v) is 6.36. The van der Waals surface area contributed by atoms with Crippen molar-refractivity contribution in [3.63, 3.8) is 0 Å². The Morgan fingerprint density at radius 3 is 3.11 bits per heavy atom. The van der Waals surface area contributed by atoms with Gasteiger partial charge in [0.2, 0.25) is 0 Å². The molecule has 98 valence electrons. The molecule has 2 aromatic rings. The molecule has 5 nitrogen and oxygen atoms in total. The van der Waals surface area contributed by atoms with E-state index in [-0.39, 0.29) is 6.61 Å². The Morgan fingerprint density at radius 2 is 2.33 bits per heavy atom. The number of anilines is 1. The van der Waals surface area contributed by atoms with Crippen molar-refractivity contribution in [3.05, 3.63) is 24.2 Å². The van der Waals surface area contributed by atoms with Gasteiger partial charge in [0.25, 0.3) is 0 Å². The lowest BCUT2D eigenvalue weighted by atomic mass is 10.1. The number of hydrogen-bond acceptors (Lipinski definition) is 4. The summed E-state index contributed by atoms with van der Waals surface area (Å²) in [5.74, 6) is 1.24. The number of nitrogens with one attached hydrogen (secondary N) is 1. The molecule has 0 amide bonds. The van der Waals surface area contributed by atoms with Crippen LogP contribution in [0.25, 0.3) is 5.52 Å². The fraction of sp³-hybridized carbons (Fsp3) is 0.538. The quantitative estimate of drug-likeness (QED) is 0.766. The molecule has 0 saturated carbocycles. The fourth-order valence-corrected chi connectivity index (χ4v) is 1.93. The second-order valence-electron chi connectivity index (χ2n) is 4.75. The number of rotatable bonds is 6. The van der Waals surface area contributed by atoms with Crippen molar-refractivity contribution in [2.45, 2.75) is 26.7 Å². The lowest BCUT2D eigenvalue weighted by Gasteiger charge is -2.09. The average molecular weight is 248 g/mol. The zero-order chi connectivity index (χ0) is 13.0. The summed E-state index contributed by atoms with van der Waals surface area (Å²) in [6.07, 6.45) is 5.64. The molecule has 1 atom stereocenters. The highest BCUT2D eigenvalue weighted by Crippen LogP contribution is 2.14. The number of aliphatic hydroxyl groups excluding tert-OH is 1. The van der Waals surface area contributed by atoms with E-state index in [0.717, 1.165) is 36.4 Å². The highest BCUT2D eigenvalue weighted by atomic mass is 16.3. The van der Waals surface area contributed by atoms with E-state index in [0.29, 0.717) is 5.92 Å². The monoisotopic (exact) mass is 248 g/mol. The van der Waals surface area contributed by atoms with Crippen LogP contribution < -0.4 is 5.32 Å². The summed E-state index contributed by atoms with van der Waals surface area (Å²) in [6, 6.07) is 2.02. The van der Waals surface area contributed by atoms with Crippen LogP contribution in [0.15, 0.2) is 18.5 Å². The Labute approximate surface area is 107 Å². The van der Waals surface area contributed by atoms with Gasteiger partial charge in [-0.15, -0.1) is 0 Å². The first-order chi connectivity index (χ1) is 8.70. The summed E-state index contributed by atoms with van der Waals surface area (Å²) < 4.78 is 1.83. The van der Waals surface area contributed by atoms with Crippen molar-refractivity contribution in [1.82, 2.24) is 14.6 Å². The lowest BCUT2D eigenvalue weighted by Crippen LogP contribution is -2.08. The summed E-state index contributed by atoms with van der Waals surface area (Å²) in [7, 11) is 0. The maximum absolute atomic E-state index is 8.95. The molecule has 1 unspecified atom stereocenters. The van der Waals surface area contributed by atoms with Crippen LogP contribution in [0, 0.1) is 12.8 Å². The van der Waals surface area contributed by atoms with E-state index in [9.17, 15) is 0 Å². The van der Waals surface area contributed by atoms with Gasteiger partial charge in [0.15, 0.2) is 5.82 Å². The van der Waals surface area contributed by atoms with Gasteiger partial charge in [-0.05, 0) is 31.7 Å². The Bertz CT molecular complexity index is 509.